The van der Waals surface area contributed by atoms with E-state index in [0.29, 0.717) is 17.1 Å². The number of nitrogens with one attached hydrogen (secondary N) is 1. The number of hydrogen-bond acceptors (Lipinski definition) is 4. The lowest BCUT2D eigenvalue weighted by atomic mass is 10.3. The minimum absolute atomic E-state index is 0.317. The van der Waals surface area contributed by atoms with Crippen molar-refractivity contribution in [2.24, 2.45) is 5.10 Å². The van der Waals surface area contributed by atoms with E-state index in [9.17, 15) is 4.79 Å². The van der Waals surface area contributed by atoms with E-state index in [1.807, 2.05) is 61.7 Å². The van der Waals surface area contributed by atoms with Crippen LogP contribution < -0.4 is 5.43 Å². The Kier molecular flexibility index (Phi) is 4.25. The second-order valence-electron chi connectivity index (χ2n) is 6.15. The molecule has 0 aliphatic heterocycles. The van der Waals surface area contributed by atoms with Crippen molar-refractivity contribution in [3.05, 3.63) is 83.6 Å². The van der Waals surface area contributed by atoms with Gasteiger partial charge in [0.05, 0.1) is 17.6 Å². The molecule has 7 nitrogen and oxygen atoms in total. The van der Waals surface area contributed by atoms with E-state index in [0.717, 1.165) is 16.9 Å². The van der Waals surface area contributed by atoms with Crippen LogP contribution in [0, 0.1) is 13.8 Å². The number of carbonyl (C=O) groups excluding carboxylic acids is 1. The highest BCUT2D eigenvalue weighted by Crippen LogP contribution is 2.12. The molecule has 134 valence electrons. The highest BCUT2D eigenvalue weighted by atomic mass is 16.2. The third-order valence-electron chi connectivity index (χ3n) is 4.23. The Bertz CT molecular complexity index is 1140. The molecule has 3 aromatic heterocycles. The van der Waals surface area contributed by atoms with Gasteiger partial charge in [0.25, 0.3) is 5.91 Å². The first-order chi connectivity index (χ1) is 13.1. The lowest BCUT2D eigenvalue weighted by Gasteiger charge is -2.01. The molecule has 4 rings (SSSR count). The van der Waals surface area contributed by atoms with Crippen molar-refractivity contribution in [1.29, 1.82) is 0 Å². The first kappa shape index (κ1) is 16.7. The largest absolute Gasteiger partial charge is 0.295 e. The average molecular weight is 358 g/mol. The van der Waals surface area contributed by atoms with Crippen LogP contribution in [0.15, 0.2) is 66.0 Å². The first-order valence-corrected chi connectivity index (χ1v) is 8.52. The van der Waals surface area contributed by atoms with Gasteiger partial charge in [-0.2, -0.15) is 10.2 Å². The first-order valence-electron chi connectivity index (χ1n) is 8.52. The summed E-state index contributed by atoms with van der Waals surface area (Å²) in [4.78, 5) is 16.9. The zero-order valence-electron chi connectivity index (χ0n) is 15.0. The average Bonchev–Trinajstić information content (AvgIpc) is 3.21. The van der Waals surface area contributed by atoms with Crippen LogP contribution >= 0.6 is 0 Å². The van der Waals surface area contributed by atoms with Crippen LogP contribution in [0.2, 0.25) is 0 Å². The van der Waals surface area contributed by atoms with Crippen molar-refractivity contribution in [1.82, 2.24) is 24.6 Å². The van der Waals surface area contributed by atoms with E-state index < -0.39 is 0 Å². The van der Waals surface area contributed by atoms with Crippen LogP contribution in [-0.4, -0.2) is 31.3 Å². The van der Waals surface area contributed by atoms with E-state index in [1.54, 1.807) is 28.4 Å². The SMILES string of the molecule is Cc1cn(-c2ccccc2)nc1C=NNC(=O)c1c(C)nc2ccccn12. The number of amides is 1. The van der Waals surface area contributed by atoms with Crippen LogP contribution in [0.4, 0.5) is 0 Å². The molecule has 7 heteroatoms. The number of pyridine rings is 1. The van der Waals surface area contributed by atoms with Gasteiger partial charge >= 0.3 is 0 Å². The summed E-state index contributed by atoms with van der Waals surface area (Å²) in [6.45, 7) is 3.75. The van der Waals surface area contributed by atoms with E-state index in [-0.39, 0.29) is 5.91 Å². The summed E-state index contributed by atoms with van der Waals surface area (Å²) in [6, 6.07) is 15.4. The Balaban J connectivity index is 1.53. The molecule has 4 aromatic rings. The lowest BCUT2D eigenvalue weighted by Crippen LogP contribution is -2.20. The van der Waals surface area contributed by atoms with Crippen molar-refractivity contribution in [3.8, 4) is 5.69 Å². The van der Waals surface area contributed by atoms with Gasteiger partial charge in [0.1, 0.15) is 17.0 Å². The molecule has 0 unspecified atom stereocenters. The zero-order chi connectivity index (χ0) is 18.8. The minimum atomic E-state index is -0.317. The summed E-state index contributed by atoms with van der Waals surface area (Å²) in [7, 11) is 0. The maximum atomic E-state index is 12.5. The molecule has 0 saturated carbocycles. The van der Waals surface area contributed by atoms with Gasteiger partial charge in [-0.1, -0.05) is 24.3 Å². The molecule has 0 fully saturated rings. The molecule has 0 radical (unpaired) electrons. The van der Waals surface area contributed by atoms with Gasteiger partial charge in [-0.3, -0.25) is 9.20 Å². The van der Waals surface area contributed by atoms with Crippen LogP contribution in [0.3, 0.4) is 0 Å². The fourth-order valence-corrected chi connectivity index (χ4v) is 2.91. The molecule has 3 heterocycles. The molecular formula is C20H18N6O. The molecule has 0 aliphatic rings. The van der Waals surface area contributed by atoms with Crippen LogP contribution in [0.1, 0.15) is 27.4 Å². The number of fused-ring (bicyclic) bond motifs is 1. The van der Waals surface area contributed by atoms with E-state index in [4.69, 9.17) is 0 Å². The third-order valence-corrected chi connectivity index (χ3v) is 4.23. The summed E-state index contributed by atoms with van der Waals surface area (Å²) < 4.78 is 3.53. The van der Waals surface area contributed by atoms with Crippen LogP contribution in [-0.2, 0) is 0 Å². The zero-order valence-corrected chi connectivity index (χ0v) is 15.0. The Hall–Kier alpha value is -3.74. The number of carbonyl (C=O) groups is 1. The number of aromatic nitrogens is 4. The minimum Gasteiger partial charge on any atom is -0.295 e. The Morgan fingerprint density at radius 2 is 1.89 bits per heavy atom. The summed E-state index contributed by atoms with van der Waals surface area (Å²) in [6.07, 6.45) is 5.28. The second-order valence-corrected chi connectivity index (χ2v) is 6.15. The molecule has 1 aromatic carbocycles. The standard InChI is InChI=1S/C20H18N6O/c1-14-13-26(16-8-4-3-5-9-16)24-17(14)12-21-23-20(27)19-15(2)22-18-10-6-7-11-25(18)19/h3-13H,1-2H3,(H,23,27). The van der Waals surface area contributed by atoms with Crippen molar-refractivity contribution in [2.75, 3.05) is 0 Å². The maximum absolute atomic E-state index is 12.5. The van der Waals surface area contributed by atoms with Crippen molar-refractivity contribution in [2.45, 2.75) is 13.8 Å². The predicted molar refractivity (Wildman–Crippen MR) is 103 cm³/mol. The lowest BCUT2D eigenvalue weighted by molar-refractivity contribution is 0.0948. The number of benzene rings is 1. The van der Waals surface area contributed by atoms with Gasteiger partial charge in [-0.15, -0.1) is 0 Å². The number of aryl methyl sites for hydroxylation is 2. The summed E-state index contributed by atoms with van der Waals surface area (Å²) in [5.41, 5.74) is 7.02. The van der Waals surface area contributed by atoms with Gasteiger partial charge in [0.15, 0.2) is 0 Å². The number of para-hydroxylation sites is 1. The van der Waals surface area contributed by atoms with Gasteiger partial charge in [-0.25, -0.2) is 15.1 Å². The van der Waals surface area contributed by atoms with E-state index in [1.165, 1.54) is 0 Å². The number of imidazole rings is 1. The molecule has 0 atom stereocenters. The molecule has 0 saturated heterocycles. The highest BCUT2D eigenvalue weighted by molar-refractivity contribution is 5.95. The Morgan fingerprint density at radius 1 is 1.11 bits per heavy atom. The monoisotopic (exact) mass is 358 g/mol. The van der Waals surface area contributed by atoms with Gasteiger partial charge in [0.2, 0.25) is 0 Å². The summed E-state index contributed by atoms with van der Waals surface area (Å²) in [5, 5.41) is 8.58. The molecule has 0 aliphatic carbocycles. The Morgan fingerprint density at radius 3 is 2.70 bits per heavy atom. The normalized spacial score (nSPS) is 11.3. The van der Waals surface area contributed by atoms with Gasteiger partial charge < -0.3 is 0 Å². The molecule has 1 N–H and O–H groups in total. The third kappa shape index (κ3) is 3.22. The number of hydrogen-bond donors (Lipinski definition) is 1. The van der Waals surface area contributed by atoms with E-state index in [2.05, 4.69) is 20.6 Å². The van der Waals surface area contributed by atoms with Crippen LogP contribution in [0.25, 0.3) is 11.3 Å². The van der Waals surface area contributed by atoms with Crippen LogP contribution in [0.5, 0.6) is 0 Å². The molecule has 1 amide bonds. The Labute approximate surface area is 156 Å². The fourth-order valence-electron chi connectivity index (χ4n) is 2.91. The van der Waals surface area contributed by atoms with Gasteiger partial charge in [0, 0.05) is 12.4 Å². The quantitative estimate of drug-likeness (QED) is 0.450. The highest BCUT2D eigenvalue weighted by Gasteiger charge is 2.15. The predicted octanol–water partition coefficient (Wildman–Crippen LogP) is 2.90. The molecule has 0 spiro atoms. The summed E-state index contributed by atoms with van der Waals surface area (Å²) in [5.74, 6) is -0.317. The van der Waals surface area contributed by atoms with E-state index >= 15 is 0 Å². The molecular weight excluding hydrogens is 340 g/mol. The second kappa shape index (κ2) is 6.87. The summed E-state index contributed by atoms with van der Waals surface area (Å²) >= 11 is 0. The van der Waals surface area contributed by atoms with Crippen molar-refractivity contribution >= 4 is 17.8 Å². The van der Waals surface area contributed by atoms with Crippen molar-refractivity contribution < 1.29 is 4.79 Å². The van der Waals surface area contributed by atoms with Gasteiger partial charge in [-0.05, 0) is 43.7 Å². The topological polar surface area (TPSA) is 76.6 Å². The molecule has 27 heavy (non-hydrogen) atoms. The number of hydrazone groups is 1. The number of nitrogens with zero attached hydrogens (tertiary/aromatic N) is 5. The number of rotatable bonds is 4. The smallest absolute Gasteiger partial charge is 0.290 e. The van der Waals surface area contributed by atoms with Crippen molar-refractivity contribution in [3.63, 3.8) is 0 Å². The fraction of sp³-hybridized carbons (Fsp3) is 0.100. The maximum Gasteiger partial charge on any atom is 0.290 e. The molecule has 0 bridgehead atoms.